The number of halogens is 6. The van der Waals surface area contributed by atoms with Crippen molar-refractivity contribution in [3.05, 3.63) is 276 Å². The van der Waals surface area contributed by atoms with Gasteiger partial charge < -0.3 is 15.8 Å². The zero-order valence-electron chi connectivity index (χ0n) is 45.9. The lowest BCUT2D eigenvalue weighted by Crippen LogP contribution is -2.22. The molecule has 1 amide bonds. The van der Waals surface area contributed by atoms with Crippen LogP contribution in [0.2, 0.25) is 0 Å². The predicted octanol–water partition coefficient (Wildman–Crippen LogP) is 17.1. The highest BCUT2D eigenvalue weighted by molar-refractivity contribution is 9.11. The summed E-state index contributed by atoms with van der Waals surface area (Å²) < 4.78 is 22.0. The van der Waals surface area contributed by atoms with Crippen LogP contribution in [-0.4, -0.2) is 56.5 Å². The number of nitrogen functional groups attached to an aromatic ring is 1. The van der Waals surface area contributed by atoms with Gasteiger partial charge in [0.05, 0.1) is 18.0 Å². The van der Waals surface area contributed by atoms with E-state index in [9.17, 15) is 14.4 Å². The van der Waals surface area contributed by atoms with E-state index < -0.39 is 15.2 Å². The highest BCUT2D eigenvalue weighted by atomic mass is 79.9. The number of esters is 1. The Morgan fingerprint density at radius 3 is 1.59 bits per heavy atom. The topological polar surface area (TPSA) is 181 Å². The van der Waals surface area contributed by atoms with Gasteiger partial charge >= 0.3 is 5.97 Å². The van der Waals surface area contributed by atoms with Crippen molar-refractivity contribution in [3.63, 3.8) is 0 Å². The number of nitrogens with two attached hydrogens (primary N) is 1. The van der Waals surface area contributed by atoms with Crippen LogP contribution in [0, 0.1) is 20.8 Å². The van der Waals surface area contributed by atoms with Crippen LogP contribution in [0.1, 0.15) is 50.0 Å². The number of benzene rings is 8. The first-order valence-electron chi connectivity index (χ1n) is 25.8. The molecule has 11 rings (SSSR count). The molecular weight excluding hydrogens is 1350 g/mol. The van der Waals surface area contributed by atoms with Gasteiger partial charge in [-0.2, -0.15) is 0 Å². The van der Waals surface area contributed by atoms with Crippen LogP contribution >= 0.6 is 80.8 Å². The number of carbonyl (C=O) groups is 2. The summed E-state index contributed by atoms with van der Waals surface area (Å²) in [4.78, 5) is 54.6. The lowest BCUT2D eigenvalue weighted by Gasteiger charge is -2.13. The Morgan fingerprint density at radius 1 is 0.612 bits per heavy atom. The Bertz CT molecular complexity index is 4100. The van der Waals surface area contributed by atoms with E-state index in [1.807, 2.05) is 232 Å². The number of nitrogens with one attached hydrogen (secondary N) is 1. The summed E-state index contributed by atoms with van der Waals surface area (Å²) in [5.74, 6) is 0.272. The fourth-order valence-corrected chi connectivity index (χ4v) is 8.81. The summed E-state index contributed by atoms with van der Waals surface area (Å²) in [6, 6.07) is 65.6. The van der Waals surface area contributed by atoms with Crippen LogP contribution < -0.4 is 16.6 Å². The van der Waals surface area contributed by atoms with Gasteiger partial charge in [0.25, 0.3) is 11.5 Å². The summed E-state index contributed by atoms with van der Waals surface area (Å²) in [6.45, 7) is 8.12. The van der Waals surface area contributed by atoms with E-state index in [2.05, 4.69) is 89.4 Å². The van der Waals surface area contributed by atoms with Gasteiger partial charge in [0.15, 0.2) is 16.9 Å². The summed E-state index contributed by atoms with van der Waals surface area (Å²) in [6.07, 6.45) is 3.16. The van der Waals surface area contributed by atoms with Gasteiger partial charge in [-0.3, -0.25) is 23.3 Å². The van der Waals surface area contributed by atoms with E-state index in [1.54, 1.807) is 22.4 Å². The lowest BCUT2D eigenvalue weighted by molar-refractivity contribution is 0.0521. The average molecular weight is 1410 g/mol. The molecule has 3 heterocycles. The Labute approximate surface area is 533 Å². The van der Waals surface area contributed by atoms with E-state index in [4.69, 9.17) is 31.3 Å². The van der Waals surface area contributed by atoms with Gasteiger partial charge in [-0.25, -0.2) is 28.9 Å². The quantitative estimate of drug-likeness (QED) is 0.0765. The number of carbonyl (C=O) groups excluding carboxylic acids is 2. The molecule has 0 bridgehead atoms. The number of aromatic nitrogens is 6. The number of hydrogen-bond acceptors (Lipinski definition) is 10. The largest absolute Gasteiger partial charge is 0.461 e. The maximum atomic E-state index is 13.6. The zero-order valence-corrected chi connectivity index (χ0v) is 53.8. The number of hydrogen-bond donors (Lipinski definition) is 2. The number of aliphatic imine (C=N–C) groups is 1. The second kappa shape index (κ2) is 31.9. The fraction of sp³-hybridized carbons (Fsp3) is 0.0781. The lowest BCUT2D eigenvalue weighted by atomic mass is 10.1. The molecule has 0 unspecified atom stereocenters. The molecule has 0 radical (unpaired) electrons. The number of aryl methyl sites for hydroxylation is 3. The van der Waals surface area contributed by atoms with Gasteiger partial charge in [0.2, 0.25) is 9.23 Å². The first-order chi connectivity index (χ1) is 40.9. The molecule has 11 aromatic rings. The van der Waals surface area contributed by atoms with Crippen LogP contribution in [0.3, 0.4) is 0 Å². The Morgan fingerprint density at radius 2 is 1.07 bits per heavy atom. The third-order valence-corrected chi connectivity index (χ3v) is 14.0. The van der Waals surface area contributed by atoms with Crippen molar-refractivity contribution in [1.29, 1.82) is 0 Å². The maximum absolute atomic E-state index is 13.6. The van der Waals surface area contributed by atoms with Gasteiger partial charge in [-0.15, -0.1) is 0 Å². The molecule has 21 heteroatoms. The summed E-state index contributed by atoms with van der Waals surface area (Å²) >= 11 is 16.4. The Kier molecular flexibility index (Phi) is 24.3. The molecular formula is C64H53Br3Cl3N9O5S. The van der Waals surface area contributed by atoms with Crippen molar-refractivity contribution in [2.45, 2.75) is 27.7 Å². The van der Waals surface area contributed by atoms with Crippen molar-refractivity contribution in [2.75, 3.05) is 17.7 Å². The molecule has 3 N–H and O–H groups in total. The minimum absolute atomic E-state index is 0.0904. The molecule has 3 aromatic heterocycles. The van der Waals surface area contributed by atoms with Crippen LogP contribution in [0.5, 0.6) is 0 Å². The summed E-state index contributed by atoms with van der Waals surface area (Å²) in [7, 11) is 7.36. The molecule has 0 spiro atoms. The van der Waals surface area contributed by atoms with E-state index >= 15 is 0 Å². The van der Waals surface area contributed by atoms with E-state index in [0.717, 1.165) is 64.1 Å². The van der Waals surface area contributed by atoms with Crippen molar-refractivity contribution in [1.82, 2.24) is 28.7 Å². The number of imidazole rings is 2. The molecule has 0 aliphatic carbocycles. The minimum atomic E-state index is -1.67. The summed E-state index contributed by atoms with van der Waals surface area (Å²) in [5, 5.41) is 3.35. The number of amides is 1. The maximum Gasteiger partial charge on any atom is 0.360 e. The molecule has 8 aromatic carbocycles. The third-order valence-electron chi connectivity index (χ3n) is 12.1. The highest BCUT2D eigenvalue weighted by Gasteiger charge is 2.20. The molecule has 0 atom stereocenters. The minimum Gasteiger partial charge on any atom is -0.461 e. The Balaban J connectivity index is 0.000000165. The van der Waals surface area contributed by atoms with Crippen molar-refractivity contribution in [3.8, 4) is 28.5 Å². The molecule has 432 valence electrons. The van der Waals surface area contributed by atoms with Crippen molar-refractivity contribution < 1.29 is 18.5 Å². The number of rotatable bonds is 10. The van der Waals surface area contributed by atoms with Crippen LogP contribution in [0.25, 0.3) is 39.6 Å². The smallest absolute Gasteiger partial charge is 0.360 e. The SMILES string of the molecule is CCOC(=O)c1ncn(-c2ccccc2)c1N.Cc1ccc(-c2nc3c(ncn3-c3ccccc3)c(=O)n2-c2ccc(Br)cc2)cc1.Cc1ccc(C(=O)Nc2ccc(Br)cc2)cc1.Cc1ccc(C(Cl)=Nc2ccc(Br)cc2)cc1.O=S(Cl)Cl. The predicted molar refractivity (Wildman–Crippen MR) is 357 cm³/mol. The second-order valence-electron chi connectivity index (χ2n) is 18.2. The normalized spacial score (nSPS) is 10.7. The molecule has 0 saturated heterocycles. The molecule has 85 heavy (non-hydrogen) atoms. The van der Waals surface area contributed by atoms with E-state index in [0.29, 0.717) is 34.3 Å². The van der Waals surface area contributed by atoms with Gasteiger partial charge in [0.1, 0.15) is 29.5 Å². The Hall–Kier alpha value is -7.81. The summed E-state index contributed by atoms with van der Waals surface area (Å²) in [5.41, 5.74) is 16.8. The standard InChI is InChI=1S/C24H17BrN4O.C14H11BrClN.C14H12BrNO.C12H13N3O2.Cl2OS/c1-16-7-9-17(10-8-16)22-27-23-21(26-15-28(23)19-5-3-2-4-6-19)24(30)29(22)20-13-11-18(25)12-14-20;1-10-2-4-11(5-3-10)14(16)17-13-8-6-12(15)7-9-13;1-10-2-4-11(5-3-10)14(17)16-13-8-6-12(15)7-9-13;1-2-17-12(16)10-11(13)15(8-14-10)9-6-4-3-5-7-9;1-4(2)3/h2-15H,1H3;2-9H,1H3;2-9H,1H3,(H,16,17);3-8H,2,13H2,1H3;. The number of nitrogens with zero attached hydrogens (tertiary/aromatic N) is 7. The third kappa shape index (κ3) is 18.8. The first kappa shape index (κ1) is 64.7. The number of fused-ring (bicyclic) bond motifs is 1. The van der Waals surface area contributed by atoms with Crippen LogP contribution in [0.15, 0.2) is 242 Å². The van der Waals surface area contributed by atoms with E-state index in [1.165, 1.54) is 11.9 Å². The van der Waals surface area contributed by atoms with Gasteiger partial charge in [0, 0.05) is 68.5 Å². The van der Waals surface area contributed by atoms with Crippen molar-refractivity contribution in [2.24, 2.45) is 4.99 Å². The molecule has 0 saturated carbocycles. The zero-order chi connectivity index (χ0) is 61.0. The van der Waals surface area contributed by atoms with Gasteiger partial charge in [-0.1, -0.05) is 173 Å². The molecule has 0 fully saturated rings. The van der Waals surface area contributed by atoms with E-state index in [-0.39, 0.29) is 23.0 Å². The monoisotopic (exact) mass is 1400 g/mol. The number of para-hydroxylation sites is 2. The molecule has 14 nitrogen and oxygen atoms in total. The highest BCUT2D eigenvalue weighted by Crippen LogP contribution is 2.26. The molecule has 0 aliphatic rings. The first-order valence-corrected chi connectivity index (χ1v) is 31.3. The fourth-order valence-electron chi connectivity index (χ4n) is 7.79. The van der Waals surface area contributed by atoms with Crippen LogP contribution in [0.4, 0.5) is 17.2 Å². The van der Waals surface area contributed by atoms with Gasteiger partial charge in [-0.05, 0) is 137 Å². The second-order valence-corrected chi connectivity index (χ2v) is 23.8. The van der Waals surface area contributed by atoms with Crippen molar-refractivity contribution >= 4 is 135 Å². The van der Waals surface area contributed by atoms with Crippen LogP contribution in [-0.2, 0) is 14.0 Å². The number of anilines is 2. The number of ether oxygens (including phenoxy) is 1. The molecule has 0 aliphatic heterocycles. The average Bonchev–Trinajstić information content (AvgIpc) is 2.10.